The normalized spacial score (nSPS) is 14.2. The van der Waals surface area contributed by atoms with E-state index in [4.69, 9.17) is 4.74 Å². The molecule has 1 amide bonds. The third kappa shape index (κ3) is 4.52. The smallest absolute Gasteiger partial charge is 0.333 e. The Kier molecular flexibility index (Phi) is 5.09. The maximum Gasteiger partial charge on any atom is 0.333 e. The Hall–Kier alpha value is -1.43. The number of amides is 1. The first kappa shape index (κ1) is 13.6. The van der Waals surface area contributed by atoms with E-state index in [0.717, 1.165) is 5.70 Å². The minimum atomic E-state index is -0.467. The van der Waals surface area contributed by atoms with Gasteiger partial charge in [0.2, 0.25) is 5.91 Å². The van der Waals surface area contributed by atoms with Crippen LogP contribution < -0.4 is 5.43 Å². The van der Waals surface area contributed by atoms with Gasteiger partial charge in [0.25, 0.3) is 0 Å². The van der Waals surface area contributed by atoms with Gasteiger partial charge < -0.3 is 4.74 Å². The molecule has 0 bridgehead atoms. The van der Waals surface area contributed by atoms with Crippen LogP contribution in [0.15, 0.2) is 23.3 Å². The van der Waals surface area contributed by atoms with Crippen LogP contribution >= 0.6 is 11.8 Å². The van der Waals surface area contributed by atoms with Gasteiger partial charge in [0.1, 0.15) is 6.61 Å². The standard InChI is InChI=1S/C11H16N2O3S/c1-8(2)11(15)16-5-4-10(14)12-13-7-17-6-9(13)3/h6H,1,4-5,7H2,2-3H3,(H,12,14). The van der Waals surface area contributed by atoms with Gasteiger partial charge in [0.15, 0.2) is 0 Å². The Bertz CT molecular complexity index is 366. The third-order valence-electron chi connectivity index (χ3n) is 2.05. The second kappa shape index (κ2) is 6.34. The number of allylic oxidation sites excluding steroid dienone is 1. The van der Waals surface area contributed by atoms with Crippen LogP contribution in [0.25, 0.3) is 0 Å². The number of ether oxygens (including phenoxy) is 1. The Labute approximate surface area is 105 Å². The Balaban J connectivity index is 2.20. The molecule has 0 aromatic rings. The average molecular weight is 256 g/mol. The van der Waals surface area contributed by atoms with E-state index in [1.807, 2.05) is 12.3 Å². The maximum atomic E-state index is 11.5. The monoisotopic (exact) mass is 256 g/mol. The molecule has 1 rings (SSSR count). The first-order valence-corrected chi connectivity index (χ1v) is 6.23. The minimum Gasteiger partial charge on any atom is -0.462 e. The Morgan fingerprint density at radius 1 is 1.65 bits per heavy atom. The summed E-state index contributed by atoms with van der Waals surface area (Å²) < 4.78 is 4.83. The summed E-state index contributed by atoms with van der Waals surface area (Å²) in [7, 11) is 0. The number of hydrogen-bond donors (Lipinski definition) is 1. The predicted octanol–water partition coefficient (Wildman–Crippen LogP) is 1.39. The summed E-state index contributed by atoms with van der Waals surface area (Å²) in [5.74, 6) is 0.0729. The summed E-state index contributed by atoms with van der Waals surface area (Å²) >= 11 is 1.62. The van der Waals surface area contributed by atoms with Crippen molar-refractivity contribution >= 4 is 23.6 Å². The maximum absolute atomic E-state index is 11.5. The molecule has 0 aromatic carbocycles. The van der Waals surface area contributed by atoms with Gasteiger partial charge in [-0.2, -0.15) is 0 Å². The number of carbonyl (C=O) groups is 2. The number of carbonyl (C=O) groups excluding carboxylic acids is 2. The van der Waals surface area contributed by atoms with Crippen LogP contribution in [-0.2, 0) is 14.3 Å². The lowest BCUT2D eigenvalue weighted by molar-refractivity contribution is -0.140. The van der Waals surface area contributed by atoms with E-state index in [1.165, 1.54) is 0 Å². The minimum absolute atomic E-state index is 0.0707. The average Bonchev–Trinajstić information content (AvgIpc) is 2.64. The van der Waals surface area contributed by atoms with Crippen molar-refractivity contribution < 1.29 is 14.3 Å². The fourth-order valence-corrected chi connectivity index (χ4v) is 1.94. The molecule has 0 atom stereocenters. The summed E-state index contributed by atoms with van der Waals surface area (Å²) in [5, 5.41) is 3.73. The number of thioether (sulfide) groups is 1. The quantitative estimate of drug-likeness (QED) is 0.595. The zero-order valence-corrected chi connectivity index (χ0v) is 10.8. The second-order valence-electron chi connectivity index (χ2n) is 3.68. The largest absolute Gasteiger partial charge is 0.462 e. The van der Waals surface area contributed by atoms with Gasteiger partial charge in [-0.05, 0) is 19.3 Å². The van der Waals surface area contributed by atoms with Crippen molar-refractivity contribution in [3.05, 3.63) is 23.3 Å². The number of esters is 1. The molecule has 1 aliphatic rings. The molecule has 0 aliphatic carbocycles. The molecular weight excluding hydrogens is 240 g/mol. The van der Waals surface area contributed by atoms with Gasteiger partial charge in [0, 0.05) is 11.3 Å². The van der Waals surface area contributed by atoms with E-state index in [2.05, 4.69) is 12.0 Å². The molecule has 0 radical (unpaired) electrons. The summed E-state index contributed by atoms with van der Waals surface area (Å²) in [5.41, 5.74) is 4.06. The molecular formula is C11H16N2O3S. The van der Waals surface area contributed by atoms with Crippen molar-refractivity contribution in [2.45, 2.75) is 20.3 Å². The van der Waals surface area contributed by atoms with Crippen molar-refractivity contribution in [1.82, 2.24) is 10.4 Å². The van der Waals surface area contributed by atoms with E-state index in [0.29, 0.717) is 11.4 Å². The molecule has 94 valence electrons. The van der Waals surface area contributed by atoms with Crippen LogP contribution in [0.3, 0.4) is 0 Å². The molecule has 0 spiro atoms. The number of hydrogen-bond acceptors (Lipinski definition) is 5. The Morgan fingerprint density at radius 3 is 2.88 bits per heavy atom. The van der Waals surface area contributed by atoms with Crippen LogP contribution in [0, 0.1) is 0 Å². The van der Waals surface area contributed by atoms with Crippen LogP contribution in [0.2, 0.25) is 0 Å². The van der Waals surface area contributed by atoms with E-state index in [-0.39, 0.29) is 18.9 Å². The number of rotatable bonds is 5. The van der Waals surface area contributed by atoms with Crippen LogP contribution in [0.1, 0.15) is 20.3 Å². The summed E-state index contributed by atoms with van der Waals surface area (Å²) in [4.78, 5) is 22.5. The first-order chi connectivity index (χ1) is 8.00. The van der Waals surface area contributed by atoms with Crippen LogP contribution in [0.4, 0.5) is 0 Å². The fraction of sp³-hybridized carbons (Fsp3) is 0.455. The van der Waals surface area contributed by atoms with Crippen molar-refractivity contribution in [2.75, 3.05) is 12.5 Å². The lowest BCUT2D eigenvalue weighted by atomic mass is 10.3. The third-order valence-corrected chi connectivity index (χ3v) is 2.97. The van der Waals surface area contributed by atoms with Crippen molar-refractivity contribution in [2.24, 2.45) is 0 Å². The zero-order chi connectivity index (χ0) is 12.8. The lowest BCUT2D eigenvalue weighted by Gasteiger charge is -2.19. The highest BCUT2D eigenvalue weighted by molar-refractivity contribution is 8.02. The topological polar surface area (TPSA) is 58.6 Å². The molecule has 17 heavy (non-hydrogen) atoms. The molecule has 1 N–H and O–H groups in total. The van der Waals surface area contributed by atoms with Crippen LogP contribution in [0.5, 0.6) is 0 Å². The molecule has 0 fully saturated rings. The van der Waals surface area contributed by atoms with Crippen molar-refractivity contribution in [3.63, 3.8) is 0 Å². The molecule has 6 heteroatoms. The molecule has 0 saturated heterocycles. The second-order valence-corrected chi connectivity index (χ2v) is 4.51. The van der Waals surface area contributed by atoms with Gasteiger partial charge in [-0.1, -0.05) is 6.58 Å². The Morgan fingerprint density at radius 2 is 2.35 bits per heavy atom. The van der Waals surface area contributed by atoms with Gasteiger partial charge in [-0.15, -0.1) is 11.8 Å². The highest BCUT2D eigenvalue weighted by atomic mass is 32.2. The summed E-state index contributed by atoms with van der Waals surface area (Å²) in [6, 6.07) is 0. The van der Waals surface area contributed by atoms with Crippen molar-refractivity contribution in [3.8, 4) is 0 Å². The molecule has 1 heterocycles. The number of nitrogens with zero attached hydrogens (tertiary/aromatic N) is 1. The summed E-state index contributed by atoms with van der Waals surface area (Å²) in [6.45, 7) is 7.01. The molecule has 0 saturated carbocycles. The van der Waals surface area contributed by atoms with E-state index < -0.39 is 5.97 Å². The number of hydrazine groups is 1. The van der Waals surface area contributed by atoms with Crippen LogP contribution in [-0.4, -0.2) is 29.4 Å². The molecule has 0 unspecified atom stereocenters. The number of nitrogens with one attached hydrogen (secondary N) is 1. The fourth-order valence-electron chi connectivity index (χ4n) is 1.08. The SMILES string of the molecule is C=C(C)C(=O)OCCC(=O)NN1CSC=C1C. The summed E-state index contributed by atoms with van der Waals surface area (Å²) in [6.07, 6.45) is 0.146. The first-order valence-electron chi connectivity index (χ1n) is 5.18. The van der Waals surface area contributed by atoms with E-state index >= 15 is 0 Å². The zero-order valence-electron chi connectivity index (χ0n) is 9.99. The predicted molar refractivity (Wildman–Crippen MR) is 66.6 cm³/mol. The lowest BCUT2D eigenvalue weighted by Crippen LogP contribution is -2.39. The van der Waals surface area contributed by atoms with E-state index in [1.54, 1.807) is 23.7 Å². The highest BCUT2D eigenvalue weighted by Crippen LogP contribution is 2.19. The van der Waals surface area contributed by atoms with Gasteiger partial charge in [-0.25, -0.2) is 4.79 Å². The van der Waals surface area contributed by atoms with Gasteiger partial charge in [-0.3, -0.25) is 15.2 Å². The van der Waals surface area contributed by atoms with E-state index in [9.17, 15) is 9.59 Å². The van der Waals surface area contributed by atoms with Crippen molar-refractivity contribution in [1.29, 1.82) is 0 Å². The molecule has 1 aliphatic heterocycles. The van der Waals surface area contributed by atoms with Gasteiger partial charge >= 0.3 is 5.97 Å². The molecule has 5 nitrogen and oxygen atoms in total. The van der Waals surface area contributed by atoms with Gasteiger partial charge in [0.05, 0.1) is 12.3 Å². The highest BCUT2D eigenvalue weighted by Gasteiger charge is 2.14. The molecule has 0 aromatic heterocycles.